The van der Waals surface area contributed by atoms with Gasteiger partial charge >= 0.3 is 5.97 Å². The molecule has 0 aliphatic carbocycles. The van der Waals surface area contributed by atoms with Gasteiger partial charge in [-0.1, -0.05) is 13.8 Å². The van der Waals surface area contributed by atoms with E-state index < -0.39 is 17.9 Å². The van der Waals surface area contributed by atoms with E-state index in [4.69, 9.17) is 5.11 Å². The lowest BCUT2D eigenvalue weighted by Gasteiger charge is -2.17. The molecule has 0 aliphatic heterocycles. The molecule has 8 nitrogen and oxygen atoms in total. The highest BCUT2D eigenvalue weighted by Crippen LogP contribution is 2.16. The van der Waals surface area contributed by atoms with Crippen molar-refractivity contribution in [2.24, 2.45) is 5.92 Å². The van der Waals surface area contributed by atoms with Crippen molar-refractivity contribution >= 4 is 23.2 Å². The third-order valence-corrected chi connectivity index (χ3v) is 3.45. The molecule has 1 unspecified atom stereocenters. The number of carboxylic acid groups (broad SMARTS) is 1. The fourth-order valence-electron chi connectivity index (χ4n) is 1.68. The fourth-order valence-corrected chi connectivity index (χ4v) is 2.31. The lowest BCUT2D eigenvalue weighted by atomic mass is 10.1. The Morgan fingerprint density at radius 1 is 1.48 bits per heavy atom. The summed E-state index contributed by atoms with van der Waals surface area (Å²) in [5, 5.41) is 27.0. The van der Waals surface area contributed by atoms with Gasteiger partial charge in [0.15, 0.2) is 0 Å². The quantitative estimate of drug-likeness (QED) is 0.809. The number of carbonyl (C=O) groups excluding carboxylic acids is 1. The van der Waals surface area contributed by atoms with Crippen molar-refractivity contribution in [1.29, 1.82) is 0 Å². The summed E-state index contributed by atoms with van der Waals surface area (Å²) in [5.41, 5.74) is 0.831. The number of rotatable bonds is 6. The number of nitrogens with zero attached hydrogens (tertiary/aromatic N) is 4. The molecule has 2 heterocycles. The van der Waals surface area contributed by atoms with Crippen molar-refractivity contribution < 1.29 is 14.7 Å². The highest BCUT2D eigenvalue weighted by Gasteiger charge is 2.23. The molecule has 0 aliphatic rings. The Labute approximate surface area is 124 Å². The van der Waals surface area contributed by atoms with Crippen molar-refractivity contribution in [3.8, 4) is 11.4 Å². The lowest BCUT2D eigenvalue weighted by molar-refractivity contribution is -0.143. The first-order valence-electron chi connectivity index (χ1n) is 6.30. The number of aromatic nitrogens is 4. The number of hydrogen-bond donors (Lipinski definition) is 2. The van der Waals surface area contributed by atoms with Crippen LogP contribution in [0.15, 0.2) is 16.8 Å². The van der Waals surface area contributed by atoms with Gasteiger partial charge in [0.2, 0.25) is 11.7 Å². The molecule has 21 heavy (non-hydrogen) atoms. The molecule has 2 N–H and O–H groups in total. The van der Waals surface area contributed by atoms with Crippen LogP contribution in [0.2, 0.25) is 0 Å². The monoisotopic (exact) mass is 309 g/mol. The topological polar surface area (TPSA) is 110 Å². The van der Waals surface area contributed by atoms with E-state index >= 15 is 0 Å². The number of aliphatic carboxylic acids is 1. The SMILES string of the molecule is CC(C)C(NC(=O)Cn1nnc(-c2ccsc2)n1)C(=O)O. The van der Waals surface area contributed by atoms with Crippen molar-refractivity contribution in [2.45, 2.75) is 26.4 Å². The summed E-state index contributed by atoms with van der Waals surface area (Å²) in [4.78, 5) is 24.0. The largest absolute Gasteiger partial charge is 0.480 e. The molecule has 0 saturated heterocycles. The molecule has 0 aromatic carbocycles. The van der Waals surface area contributed by atoms with Gasteiger partial charge < -0.3 is 10.4 Å². The second-order valence-corrected chi connectivity index (χ2v) is 5.56. The Morgan fingerprint density at radius 2 is 2.24 bits per heavy atom. The van der Waals surface area contributed by atoms with Crippen LogP contribution in [0.4, 0.5) is 0 Å². The van der Waals surface area contributed by atoms with Gasteiger partial charge in [-0.15, -0.1) is 10.2 Å². The molecule has 9 heteroatoms. The van der Waals surface area contributed by atoms with E-state index in [1.165, 1.54) is 11.3 Å². The maximum atomic E-state index is 11.8. The molecule has 0 radical (unpaired) electrons. The normalized spacial score (nSPS) is 12.3. The molecule has 0 saturated carbocycles. The zero-order valence-electron chi connectivity index (χ0n) is 11.6. The molecule has 1 amide bonds. The number of carbonyl (C=O) groups is 2. The van der Waals surface area contributed by atoms with E-state index in [-0.39, 0.29) is 12.5 Å². The summed E-state index contributed by atoms with van der Waals surface area (Å²) in [7, 11) is 0. The van der Waals surface area contributed by atoms with Gasteiger partial charge in [0.05, 0.1) is 0 Å². The zero-order valence-corrected chi connectivity index (χ0v) is 12.4. The Balaban J connectivity index is 1.98. The maximum Gasteiger partial charge on any atom is 0.326 e. The van der Waals surface area contributed by atoms with Crippen molar-refractivity contribution in [1.82, 2.24) is 25.5 Å². The lowest BCUT2D eigenvalue weighted by Crippen LogP contribution is -2.45. The minimum atomic E-state index is -1.07. The minimum absolute atomic E-state index is 0.173. The summed E-state index contributed by atoms with van der Waals surface area (Å²) >= 11 is 1.51. The zero-order chi connectivity index (χ0) is 15.4. The number of nitrogens with one attached hydrogen (secondary N) is 1. The molecular weight excluding hydrogens is 294 g/mol. The summed E-state index contributed by atoms with van der Waals surface area (Å²) in [6, 6.07) is 0.919. The first-order valence-corrected chi connectivity index (χ1v) is 7.24. The number of thiophene rings is 1. The van der Waals surface area contributed by atoms with Crippen LogP contribution >= 0.6 is 11.3 Å². The summed E-state index contributed by atoms with van der Waals surface area (Å²) in [6.45, 7) is 3.27. The van der Waals surface area contributed by atoms with E-state index in [0.717, 1.165) is 10.4 Å². The predicted molar refractivity (Wildman–Crippen MR) is 75.5 cm³/mol. The van der Waals surface area contributed by atoms with Gasteiger partial charge in [0, 0.05) is 10.9 Å². The van der Waals surface area contributed by atoms with E-state index in [1.807, 2.05) is 16.8 Å². The van der Waals surface area contributed by atoms with Crippen LogP contribution in [0.5, 0.6) is 0 Å². The molecule has 0 spiro atoms. The number of amides is 1. The first kappa shape index (κ1) is 15.1. The molecule has 2 aromatic rings. The van der Waals surface area contributed by atoms with Gasteiger partial charge in [0.25, 0.3) is 0 Å². The molecule has 2 aromatic heterocycles. The van der Waals surface area contributed by atoms with Crippen LogP contribution < -0.4 is 5.32 Å². The van der Waals surface area contributed by atoms with E-state index in [1.54, 1.807) is 13.8 Å². The van der Waals surface area contributed by atoms with Gasteiger partial charge in [0.1, 0.15) is 12.6 Å². The van der Waals surface area contributed by atoms with Crippen LogP contribution in [0.3, 0.4) is 0 Å². The fraction of sp³-hybridized carbons (Fsp3) is 0.417. The first-order chi connectivity index (χ1) is 9.97. The Hall–Kier alpha value is -2.29. The van der Waals surface area contributed by atoms with Crippen molar-refractivity contribution in [2.75, 3.05) is 0 Å². The highest BCUT2D eigenvalue weighted by molar-refractivity contribution is 7.08. The number of hydrogen-bond acceptors (Lipinski definition) is 6. The van der Waals surface area contributed by atoms with Gasteiger partial charge in [-0.2, -0.15) is 16.1 Å². The van der Waals surface area contributed by atoms with Crippen LogP contribution in [0, 0.1) is 5.92 Å². The Bertz CT molecular complexity index is 623. The molecule has 1 atom stereocenters. The number of tetrazole rings is 1. The van der Waals surface area contributed by atoms with Gasteiger partial charge in [-0.05, 0) is 22.6 Å². The van der Waals surface area contributed by atoms with Crippen molar-refractivity contribution in [3.63, 3.8) is 0 Å². The van der Waals surface area contributed by atoms with Crippen LogP contribution in [0.1, 0.15) is 13.8 Å². The third kappa shape index (κ3) is 3.85. The Kier molecular flexibility index (Phi) is 4.63. The molecule has 0 bridgehead atoms. The molecule has 0 fully saturated rings. The standard InChI is InChI=1S/C12H15N5O3S/c1-7(2)10(12(19)20)13-9(18)5-17-15-11(14-16-17)8-3-4-21-6-8/h3-4,6-7,10H,5H2,1-2H3,(H,13,18)(H,19,20). The van der Waals surface area contributed by atoms with Crippen LogP contribution in [0.25, 0.3) is 11.4 Å². The average molecular weight is 309 g/mol. The summed E-state index contributed by atoms with van der Waals surface area (Å²) in [5.74, 6) is -1.31. The predicted octanol–water partition coefficient (Wildman–Crippen LogP) is 0.627. The van der Waals surface area contributed by atoms with Gasteiger partial charge in [-0.25, -0.2) is 4.79 Å². The molecule has 112 valence electrons. The van der Waals surface area contributed by atoms with E-state index in [2.05, 4.69) is 20.7 Å². The summed E-state index contributed by atoms with van der Waals surface area (Å²) < 4.78 is 0. The Morgan fingerprint density at radius 3 is 2.81 bits per heavy atom. The minimum Gasteiger partial charge on any atom is -0.480 e. The maximum absolute atomic E-state index is 11.8. The van der Waals surface area contributed by atoms with Crippen LogP contribution in [-0.2, 0) is 16.1 Å². The van der Waals surface area contributed by atoms with E-state index in [9.17, 15) is 9.59 Å². The van der Waals surface area contributed by atoms with Gasteiger partial charge in [-0.3, -0.25) is 4.79 Å². The molecular formula is C12H15N5O3S. The smallest absolute Gasteiger partial charge is 0.326 e. The second-order valence-electron chi connectivity index (χ2n) is 4.78. The molecule has 2 rings (SSSR count). The second kappa shape index (κ2) is 6.44. The number of carboxylic acids is 1. The average Bonchev–Trinajstić information content (AvgIpc) is 3.05. The van der Waals surface area contributed by atoms with E-state index in [0.29, 0.717) is 5.82 Å². The van der Waals surface area contributed by atoms with Crippen LogP contribution in [-0.4, -0.2) is 43.2 Å². The highest BCUT2D eigenvalue weighted by atomic mass is 32.1. The van der Waals surface area contributed by atoms with Crippen molar-refractivity contribution in [3.05, 3.63) is 16.8 Å². The third-order valence-electron chi connectivity index (χ3n) is 2.77. The summed E-state index contributed by atoms with van der Waals surface area (Å²) in [6.07, 6.45) is 0.